The lowest BCUT2D eigenvalue weighted by molar-refractivity contribution is -0.118. The SMILES string of the molecule is CCOC(=O)c1c(-c2ccco2)csc1NC(=O)COc1ccc2c(C)cc(=O)oc2c1. The summed E-state index contributed by atoms with van der Waals surface area (Å²) >= 11 is 1.19. The van der Waals surface area contributed by atoms with Gasteiger partial charge in [0.05, 0.1) is 12.9 Å². The normalized spacial score (nSPS) is 10.8. The third kappa shape index (κ3) is 4.42. The first-order chi connectivity index (χ1) is 15.5. The predicted molar refractivity (Wildman–Crippen MR) is 119 cm³/mol. The Kier molecular flexibility index (Phi) is 6.09. The molecule has 1 aromatic carbocycles. The van der Waals surface area contributed by atoms with Gasteiger partial charge in [0.15, 0.2) is 6.61 Å². The van der Waals surface area contributed by atoms with Gasteiger partial charge in [-0.3, -0.25) is 4.79 Å². The first-order valence-electron chi connectivity index (χ1n) is 9.76. The molecule has 0 radical (unpaired) electrons. The van der Waals surface area contributed by atoms with Crippen molar-refractivity contribution in [2.45, 2.75) is 13.8 Å². The molecule has 0 unspecified atom stereocenters. The Labute approximate surface area is 186 Å². The number of fused-ring (bicyclic) bond motifs is 1. The Morgan fingerprint density at radius 3 is 2.78 bits per heavy atom. The summed E-state index contributed by atoms with van der Waals surface area (Å²) in [6.45, 7) is 3.40. The fourth-order valence-electron chi connectivity index (χ4n) is 3.18. The number of hydrogen-bond donors (Lipinski definition) is 1. The minimum absolute atomic E-state index is 0.195. The summed E-state index contributed by atoms with van der Waals surface area (Å²) in [5.74, 6) is -0.158. The molecule has 164 valence electrons. The van der Waals surface area contributed by atoms with Crippen LogP contribution in [0, 0.1) is 6.92 Å². The van der Waals surface area contributed by atoms with Crippen molar-refractivity contribution in [1.82, 2.24) is 0 Å². The number of ether oxygens (including phenoxy) is 2. The van der Waals surface area contributed by atoms with Crippen LogP contribution in [0.5, 0.6) is 5.75 Å². The summed E-state index contributed by atoms with van der Waals surface area (Å²) in [5.41, 5.74) is 1.47. The average molecular weight is 453 g/mol. The first kappa shape index (κ1) is 21.4. The molecule has 0 bridgehead atoms. The van der Waals surface area contributed by atoms with Gasteiger partial charge in [-0.05, 0) is 43.7 Å². The number of hydrogen-bond acceptors (Lipinski definition) is 8. The molecular weight excluding hydrogens is 434 g/mol. The number of aryl methyl sites for hydroxylation is 1. The molecule has 0 aliphatic carbocycles. The van der Waals surface area contributed by atoms with Gasteiger partial charge in [0.25, 0.3) is 5.91 Å². The molecule has 0 spiro atoms. The summed E-state index contributed by atoms with van der Waals surface area (Å²) in [6.07, 6.45) is 1.50. The summed E-state index contributed by atoms with van der Waals surface area (Å²) in [4.78, 5) is 36.6. The fourth-order valence-corrected chi connectivity index (χ4v) is 4.13. The van der Waals surface area contributed by atoms with Gasteiger partial charge in [-0.2, -0.15) is 0 Å². The number of amides is 1. The van der Waals surface area contributed by atoms with Crippen LogP contribution >= 0.6 is 11.3 Å². The van der Waals surface area contributed by atoms with Crippen LogP contribution in [0.25, 0.3) is 22.3 Å². The minimum atomic E-state index is -0.559. The van der Waals surface area contributed by atoms with Gasteiger partial charge in [-0.1, -0.05) is 0 Å². The van der Waals surface area contributed by atoms with Crippen molar-refractivity contribution in [3.8, 4) is 17.1 Å². The molecule has 4 rings (SSSR count). The second kappa shape index (κ2) is 9.11. The van der Waals surface area contributed by atoms with Gasteiger partial charge < -0.3 is 23.6 Å². The van der Waals surface area contributed by atoms with E-state index in [1.54, 1.807) is 42.6 Å². The van der Waals surface area contributed by atoms with E-state index in [4.69, 9.17) is 18.3 Å². The summed E-state index contributed by atoms with van der Waals surface area (Å²) < 4.78 is 21.3. The zero-order valence-corrected chi connectivity index (χ0v) is 18.1. The van der Waals surface area contributed by atoms with Crippen LogP contribution in [0.3, 0.4) is 0 Å². The molecule has 0 saturated heterocycles. The molecule has 9 heteroatoms. The van der Waals surface area contributed by atoms with Crippen molar-refractivity contribution in [1.29, 1.82) is 0 Å². The lowest BCUT2D eigenvalue weighted by atomic mass is 10.1. The third-order valence-corrected chi connectivity index (χ3v) is 5.50. The van der Waals surface area contributed by atoms with Crippen molar-refractivity contribution < 1.29 is 27.9 Å². The molecule has 4 aromatic rings. The maximum atomic E-state index is 12.5. The number of rotatable bonds is 7. The number of anilines is 1. The van der Waals surface area contributed by atoms with E-state index in [1.807, 2.05) is 6.92 Å². The monoisotopic (exact) mass is 453 g/mol. The summed E-state index contributed by atoms with van der Waals surface area (Å²) in [7, 11) is 0. The number of nitrogens with one attached hydrogen (secondary N) is 1. The molecular formula is C23H19NO7S. The zero-order chi connectivity index (χ0) is 22.7. The number of furan rings is 1. The van der Waals surface area contributed by atoms with Crippen molar-refractivity contribution >= 4 is 39.2 Å². The van der Waals surface area contributed by atoms with Crippen molar-refractivity contribution in [2.24, 2.45) is 0 Å². The highest BCUT2D eigenvalue weighted by Gasteiger charge is 2.24. The van der Waals surface area contributed by atoms with Gasteiger partial charge in [0.1, 0.15) is 27.7 Å². The topological polar surface area (TPSA) is 108 Å². The third-order valence-electron chi connectivity index (χ3n) is 4.60. The van der Waals surface area contributed by atoms with E-state index in [9.17, 15) is 14.4 Å². The Morgan fingerprint density at radius 1 is 1.19 bits per heavy atom. The van der Waals surface area contributed by atoms with Crippen LogP contribution < -0.4 is 15.7 Å². The van der Waals surface area contributed by atoms with Gasteiger partial charge in [0.2, 0.25) is 0 Å². The molecule has 0 saturated carbocycles. The van der Waals surface area contributed by atoms with E-state index in [2.05, 4.69) is 5.32 Å². The number of benzene rings is 1. The molecule has 3 aromatic heterocycles. The van der Waals surface area contributed by atoms with Gasteiger partial charge >= 0.3 is 11.6 Å². The summed E-state index contributed by atoms with van der Waals surface area (Å²) in [5, 5.41) is 5.53. The van der Waals surface area contributed by atoms with E-state index in [-0.39, 0.29) is 18.8 Å². The predicted octanol–water partition coefficient (Wildman–Crippen LogP) is 4.62. The van der Waals surface area contributed by atoms with Crippen LogP contribution in [0.15, 0.2) is 61.7 Å². The Balaban J connectivity index is 1.50. The molecule has 0 atom stereocenters. The van der Waals surface area contributed by atoms with E-state index >= 15 is 0 Å². The second-order valence-corrected chi connectivity index (χ2v) is 7.67. The van der Waals surface area contributed by atoms with Gasteiger partial charge in [0, 0.05) is 28.5 Å². The number of esters is 1. The van der Waals surface area contributed by atoms with Crippen LogP contribution in [0.1, 0.15) is 22.8 Å². The molecule has 0 aliphatic heterocycles. The molecule has 3 heterocycles. The first-order valence-corrected chi connectivity index (χ1v) is 10.6. The highest BCUT2D eigenvalue weighted by atomic mass is 32.1. The van der Waals surface area contributed by atoms with Gasteiger partial charge in [-0.15, -0.1) is 11.3 Å². The second-order valence-electron chi connectivity index (χ2n) is 6.79. The molecule has 0 fully saturated rings. The lowest BCUT2D eigenvalue weighted by Gasteiger charge is -2.09. The maximum absolute atomic E-state index is 12.5. The molecule has 1 amide bonds. The Bertz CT molecular complexity index is 1330. The average Bonchev–Trinajstić information content (AvgIpc) is 3.42. The number of thiophene rings is 1. The van der Waals surface area contributed by atoms with Crippen molar-refractivity contribution in [3.05, 3.63) is 69.6 Å². The highest BCUT2D eigenvalue weighted by molar-refractivity contribution is 7.15. The van der Waals surface area contributed by atoms with Crippen LogP contribution in [-0.2, 0) is 9.53 Å². The van der Waals surface area contributed by atoms with Crippen LogP contribution in [-0.4, -0.2) is 25.1 Å². The lowest BCUT2D eigenvalue weighted by Crippen LogP contribution is -2.21. The smallest absolute Gasteiger partial charge is 0.341 e. The Morgan fingerprint density at radius 2 is 2.03 bits per heavy atom. The summed E-state index contributed by atoms with van der Waals surface area (Å²) in [6, 6.07) is 9.85. The minimum Gasteiger partial charge on any atom is -0.484 e. The van der Waals surface area contributed by atoms with Crippen molar-refractivity contribution in [2.75, 3.05) is 18.5 Å². The van der Waals surface area contributed by atoms with E-state index in [0.717, 1.165) is 10.9 Å². The number of carbonyl (C=O) groups excluding carboxylic acids is 2. The maximum Gasteiger partial charge on any atom is 0.341 e. The standard InChI is InChI=1S/C23H19NO7S/c1-3-28-23(27)21-16(17-5-4-8-29-17)12-32-22(21)24-19(25)11-30-14-6-7-15-13(2)9-20(26)31-18(15)10-14/h4-10,12H,3,11H2,1-2H3,(H,24,25). The van der Waals surface area contributed by atoms with E-state index in [1.165, 1.54) is 23.7 Å². The van der Waals surface area contributed by atoms with Crippen molar-refractivity contribution in [3.63, 3.8) is 0 Å². The zero-order valence-electron chi connectivity index (χ0n) is 17.3. The van der Waals surface area contributed by atoms with Crippen LogP contribution in [0.4, 0.5) is 5.00 Å². The molecule has 1 N–H and O–H groups in total. The molecule has 32 heavy (non-hydrogen) atoms. The van der Waals surface area contributed by atoms with Gasteiger partial charge in [-0.25, -0.2) is 9.59 Å². The molecule has 8 nitrogen and oxygen atoms in total. The highest BCUT2D eigenvalue weighted by Crippen LogP contribution is 2.36. The largest absolute Gasteiger partial charge is 0.484 e. The number of carbonyl (C=O) groups is 2. The Hall–Kier alpha value is -3.85. The molecule has 0 aliphatic rings. The van der Waals surface area contributed by atoms with E-state index in [0.29, 0.717) is 27.7 Å². The van der Waals surface area contributed by atoms with Crippen LogP contribution in [0.2, 0.25) is 0 Å². The quantitative estimate of drug-likeness (QED) is 0.321. The fraction of sp³-hybridized carbons (Fsp3) is 0.174. The van der Waals surface area contributed by atoms with E-state index < -0.39 is 17.5 Å².